The van der Waals surface area contributed by atoms with Crippen LogP contribution in [0.3, 0.4) is 0 Å². The summed E-state index contributed by atoms with van der Waals surface area (Å²) in [5, 5.41) is 11.8. The van der Waals surface area contributed by atoms with Gasteiger partial charge in [-0.1, -0.05) is 36.4 Å². The number of benzene rings is 3. The second-order valence-electron chi connectivity index (χ2n) is 6.18. The Morgan fingerprint density at radius 2 is 1.81 bits per heavy atom. The third-order valence-corrected chi connectivity index (χ3v) is 4.33. The molecule has 0 aliphatic rings. The lowest BCUT2D eigenvalue weighted by atomic mass is 10.0. The Kier molecular flexibility index (Phi) is 4.38. The second-order valence-corrected chi connectivity index (χ2v) is 6.18. The summed E-state index contributed by atoms with van der Waals surface area (Å²) in [5.74, 6) is -0.116. The van der Waals surface area contributed by atoms with Crippen LogP contribution >= 0.6 is 0 Å². The van der Waals surface area contributed by atoms with Gasteiger partial charge in [0.1, 0.15) is 6.54 Å². The highest BCUT2D eigenvalue weighted by Crippen LogP contribution is 2.23. The number of rotatable bonds is 4. The van der Waals surface area contributed by atoms with Crippen LogP contribution in [-0.4, -0.2) is 15.5 Å². The number of hydrogen-bond donors (Lipinski definition) is 1. The van der Waals surface area contributed by atoms with Gasteiger partial charge < -0.3 is 9.88 Å². The standard InChI is InChI=1S/C22H16N4O/c23-13-16-8-10-17(11-9-16)18-4-3-5-19(12-18)25-22(27)14-26-15-24-20-6-1-2-7-21(20)26/h1-12,15H,14H2,(H,25,27). The minimum atomic E-state index is -0.116. The maximum atomic E-state index is 12.5. The van der Waals surface area contributed by atoms with Gasteiger partial charge in [-0.15, -0.1) is 0 Å². The summed E-state index contributed by atoms with van der Waals surface area (Å²) >= 11 is 0. The number of aromatic nitrogens is 2. The molecule has 5 heteroatoms. The van der Waals surface area contributed by atoms with Crippen molar-refractivity contribution in [3.63, 3.8) is 0 Å². The van der Waals surface area contributed by atoms with Gasteiger partial charge in [-0.3, -0.25) is 4.79 Å². The van der Waals surface area contributed by atoms with Crippen LogP contribution in [0, 0.1) is 11.3 Å². The van der Waals surface area contributed by atoms with E-state index in [0.717, 1.165) is 27.8 Å². The van der Waals surface area contributed by atoms with Crippen LogP contribution in [0.5, 0.6) is 0 Å². The SMILES string of the molecule is N#Cc1ccc(-c2cccc(NC(=O)Cn3cnc4ccccc43)c2)cc1. The molecule has 0 saturated carbocycles. The molecule has 1 aromatic heterocycles. The largest absolute Gasteiger partial charge is 0.325 e. The smallest absolute Gasteiger partial charge is 0.244 e. The highest BCUT2D eigenvalue weighted by molar-refractivity contribution is 5.92. The van der Waals surface area contributed by atoms with Crippen molar-refractivity contribution in [1.82, 2.24) is 9.55 Å². The Labute approximate surface area is 156 Å². The predicted molar refractivity (Wildman–Crippen MR) is 105 cm³/mol. The molecule has 4 rings (SSSR count). The molecule has 0 aliphatic heterocycles. The number of carbonyl (C=O) groups excluding carboxylic acids is 1. The molecule has 3 aromatic carbocycles. The van der Waals surface area contributed by atoms with E-state index < -0.39 is 0 Å². The molecule has 130 valence electrons. The maximum Gasteiger partial charge on any atom is 0.244 e. The van der Waals surface area contributed by atoms with E-state index in [2.05, 4.69) is 16.4 Å². The molecule has 0 unspecified atom stereocenters. The van der Waals surface area contributed by atoms with E-state index in [1.807, 2.05) is 65.2 Å². The van der Waals surface area contributed by atoms with Crippen molar-refractivity contribution < 1.29 is 4.79 Å². The summed E-state index contributed by atoms with van der Waals surface area (Å²) in [6, 6.07) is 24.9. The Morgan fingerprint density at radius 3 is 2.63 bits per heavy atom. The number of fused-ring (bicyclic) bond motifs is 1. The van der Waals surface area contributed by atoms with Crippen LogP contribution in [0.1, 0.15) is 5.56 Å². The summed E-state index contributed by atoms with van der Waals surface area (Å²) in [6.45, 7) is 0.196. The van der Waals surface area contributed by atoms with E-state index in [-0.39, 0.29) is 12.5 Å². The quantitative estimate of drug-likeness (QED) is 0.598. The number of anilines is 1. The average molecular weight is 352 g/mol. The molecule has 0 radical (unpaired) electrons. The van der Waals surface area contributed by atoms with Crippen molar-refractivity contribution in [2.45, 2.75) is 6.54 Å². The normalized spacial score (nSPS) is 10.5. The molecule has 0 atom stereocenters. The number of nitrogens with zero attached hydrogens (tertiary/aromatic N) is 3. The minimum Gasteiger partial charge on any atom is -0.325 e. The number of para-hydroxylation sites is 2. The van der Waals surface area contributed by atoms with Crippen molar-refractivity contribution in [2.75, 3.05) is 5.32 Å². The number of amides is 1. The van der Waals surface area contributed by atoms with Crippen LogP contribution in [0.4, 0.5) is 5.69 Å². The van der Waals surface area contributed by atoms with Crippen molar-refractivity contribution in [3.05, 3.63) is 84.7 Å². The zero-order valence-electron chi connectivity index (χ0n) is 14.5. The predicted octanol–water partition coefficient (Wildman–Crippen LogP) is 4.21. The molecule has 0 spiro atoms. The van der Waals surface area contributed by atoms with E-state index in [1.54, 1.807) is 18.5 Å². The maximum absolute atomic E-state index is 12.5. The van der Waals surface area contributed by atoms with Gasteiger partial charge in [-0.25, -0.2) is 4.98 Å². The van der Waals surface area contributed by atoms with Crippen molar-refractivity contribution in [3.8, 4) is 17.2 Å². The summed E-state index contributed by atoms with van der Waals surface area (Å²) in [7, 11) is 0. The van der Waals surface area contributed by atoms with Gasteiger partial charge in [0.15, 0.2) is 0 Å². The fraction of sp³-hybridized carbons (Fsp3) is 0.0455. The first kappa shape index (κ1) is 16.6. The average Bonchev–Trinajstić information content (AvgIpc) is 3.11. The summed E-state index contributed by atoms with van der Waals surface area (Å²) < 4.78 is 1.83. The zero-order valence-corrected chi connectivity index (χ0v) is 14.5. The van der Waals surface area contributed by atoms with Crippen LogP contribution in [-0.2, 0) is 11.3 Å². The fourth-order valence-corrected chi connectivity index (χ4v) is 3.01. The zero-order chi connectivity index (χ0) is 18.6. The first-order valence-corrected chi connectivity index (χ1v) is 8.53. The Hall–Kier alpha value is -3.91. The molecule has 0 bridgehead atoms. The highest BCUT2D eigenvalue weighted by Gasteiger charge is 2.08. The van der Waals surface area contributed by atoms with Crippen LogP contribution in [0.15, 0.2) is 79.1 Å². The summed E-state index contributed by atoms with van der Waals surface area (Å²) in [6.07, 6.45) is 1.68. The van der Waals surface area contributed by atoms with Gasteiger partial charge in [0, 0.05) is 5.69 Å². The molecule has 0 saturated heterocycles. The van der Waals surface area contributed by atoms with Crippen LogP contribution < -0.4 is 5.32 Å². The van der Waals surface area contributed by atoms with Gasteiger partial charge in [0.2, 0.25) is 5.91 Å². The number of nitrogens with one attached hydrogen (secondary N) is 1. The molecular weight excluding hydrogens is 336 g/mol. The molecular formula is C22H16N4O. The fourth-order valence-electron chi connectivity index (χ4n) is 3.01. The number of imidazole rings is 1. The van der Waals surface area contributed by atoms with Gasteiger partial charge >= 0.3 is 0 Å². The third kappa shape index (κ3) is 3.55. The van der Waals surface area contributed by atoms with Crippen LogP contribution in [0.25, 0.3) is 22.2 Å². The lowest BCUT2D eigenvalue weighted by molar-refractivity contribution is -0.116. The topological polar surface area (TPSA) is 70.7 Å². The first-order valence-electron chi connectivity index (χ1n) is 8.53. The highest BCUT2D eigenvalue weighted by atomic mass is 16.1. The Bertz CT molecular complexity index is 1150. The van der Waals surface area contributed by atoms with Gasteiger partial charge in [-0.05, 0) is 47.5 Å². The van der Waals surface area contributed by atoms with Crippen molar-refractivity contribution in [1.29, 1.82) is 5.26 Å². The van der Waals surface area contributed by atoms with Crippen molar-refractivity contribution >= 4 is 22.6 Å². The number of carbonyl (C=O) groups is 1. The first-order chi connectivity index (χ1) is 13.2. The molecule has 0 aliphatic carbocycles. The van der Waals surface area contributed by atoms with Gasteiger partial charge in [-0.2, -0.15) is 5.26 Å². The number of hydrogen-bond acceptors (Lipinski definition) is 3. The van der Waals surface area contributed by atoms with E-state index in [9.17, 15) is 4.79 Å². The van der Waals surface area contributed by atoms with Gasteiger partial charge in [0.25, 0.3) is 0 Å². The Balaban J connectivity index is 1.50. The van der Waals surface area contributed by atoms with E-state index in [4.69, 9.17) is 5.26 Å². The van der Waals surface area contributed by atoms with Crippen molar-refractivity contribution in [2.24, 2.45) is 0 Å². The molecule has 5 nitrogen and oxygen atoms in total. The molecule has 27 heavy (non-hydrogen) atoms. The summed E-state index contributed by atoms with van der Waals surface area (Å²) in [5.41, 5.74) is 5.12. The number of nitriles is 1. The molecule has 4 aromatic rings. The molecule has 1 amide bonds. The molecule has 1 heterocycles. The lowest BCUT2D eigenvalue weighted by Crippen LogP contribution is -2.18. The van der Waals surface area contributed by atoms with E-state index in [0.29, 0.717) is 5.56 Å². The second kappa shape index (κ2) is 7.14. The van der Waals surface area contributed by atoms with E-state index in [1.165, 1.54) is 0 Å². The van der Waals surface area contributed by atoms with Gasteiger partial charge in [0.05, 0.1) is 29.0 Å². The van der Waals surface area contributed by atoms with Crippen LogP contribution in [0.2, 0.25) is 0 Å². The summed E-state index contributed by atoms with van der Waals surface area (Å²) in [4.78, 5) is 16.8. The van der Waals surface area contributed by atoms with E-state index >= 15 is 0 Å². The monoisotopic (exact) mass is 352 g/mol. The molecule has 0 fully saturated rings. The molecule has 1 N–H and O–H groups in total. The minimum absolute atomic E-state index is 0.116. The third-order valence-electron chi connectivity index (χ3n) is 4.33. The lowest BCUT2D eigenvalue weighted by Gasteiger charge is -2.09. The Morgan fingerprint density at radius 1 is 1.00 bits per heavy atom.